The topological polar surface area (TPSA) is 145 Å². The van der Waals surface area contributed by atoms with Gasteiger partial charge in [0.15, 0.2) is 0 Å². The summed E-state index contributed by atoms with van der Waals surface area (Å²) in [6.07, 6.45) is 0. The Bertz CT molecular complexity index is 1330. The molecule has 1 amide bonds. The number of anilines is 2. The summed E-state index contributed by atoms with van der Waals surface area (Å²) >= 11 is 7.01. The first-order valence-corrected chi connectivity index (χ1v) is 12.0. The lowest BCUT2D eigenvalue weighted by Crippen LogP contribution is -2.20. The zero-order chi connectivity index (χ0) is 23.8. The summed E-state index contributed by atoms with van der Waals surface area (Å²) in [5, 5.41) is 23.8. The molecule has 0 aliphatic carbocycles. The third-order valence-corrected chi connectivity index (χ3v) is 7.52. The highest BCUT2D eigenvalue weighted by Gasteiger charge is 2.28. The molecule has 0 saturated heterocycles. The molecule has 2 heterocycles. The molecule has 3 aromatic rings. The van der Waals surface area contributed by atoms with Crippen molar-refractivity contribution in [1.82, 2.24) is 5.16 Å². The number of nitrogens with one attached hydrogen (secondary N) is 3. The van der Waals surface area contributed by atoms with Gasteiger partial charge in [-0.1, -0.05) is 28.4 Å². The van der Waals surface area contributed by atoms with Gasteiger partial charge in [0, 0.05) is 10.4 Å². The van der Waals surface area contributed by atoms with E-state index < -0.39 is 22.5 Å². The molecule has 0 bridgehead atoms. The van der Waals surface area contributed by atoms with Crippen molar-refractivity contribution in [2.75, 3.05) is 16.6 Å². The fourth-order valence-corrected chi connectivity index (χ4v) is 5.74. The third kappa shape index (κ3) is 4.70. The maximum absolute atomic E-state index is 13.1. The average Bonchev–Trinajstić information content (AvgIpc) is 3.27. The molecule has 0 atom stereocenters. The van der Waals surface area contributed by atoms with Crippen molar-refractivity contribution >= 4 is 56.2 Å². The molecule has 170 valence electrons. The van der Waals surface area contributed by atoms with Crippen LogP contribution in [0.5, 0.6) is 0 Å². The second kappa shape index (κ2) is 9.02. The first-order valence-electron chi connectivity index (χ1n) is 9.31. The van der Waals surface area contributed by atoms with Crippen LogP contribution in [0.3, 0.4) is 0 Å². The molecule has 0 aliphatic rings. The number of hydrogen-bond acceptors (Lipinski definition) is 8. The molecule has 0 aliphatic heterocycles. The Morgan fingerprint density at radius 3 is 2.53 bits per heavy atom. The molecular weight excluding hydrogens is 476 g/mol. The number of halogens is 1. The number of carbonyl (C=O) groups is 1. The van der Waals surface area contributed by atoms with Crippen LogP contribution in [0.2, 0.25) is 5.02 Å². The van der Waals surface area contributed by atoms with Crippen LogP contribution in [0.15, 0.2) is 27.6 Å². The first kappa shape index (κ1) is 23.9. The van der Waals surface area contributed by atoms with E-state index in [0.717, 1.165) is 16.9 Å². The van der Waals surface area contributed by atoms with Crippen LogP contribution in [-0.4, -0.2) is 36.9 Å². The van der Waals surface area contributed by atoms with Gasteiger partial charge in [0.2, 0.25) is 0 Å². The Hall–Kier alpha value is -2.73. The molecule has 3 rings (SSSR count). The quantitative estimate of drug-likeness (QED) is 0.363. The minimum atomic E-state index is -4.22. The fraction of sp³-hybridized carbons (Fsp3) is 0.250. The van der Waals surface area contributed by atoms with Gasteiger partial charge in [0.1, 0.15) is 20.5 Å². The van der Waals surface area contributed by atoms with Crippen molar-refractivity contribution in [3.05, 3.63) is 55.4 Å². The normalized spacial score (nSPS) is 11.4. The number of aliphatic hydroxyl groups excluding tert-OH is 1. The van der Waals surface area contributed by atoms with Gasteiger partial charge in [-0.15, -0.1) is 11.3 Å². The first-order chi connectivity index (χ1) is 14.9. The summed E-state index contributed by atoms with van der Waals surface area (Å²) < 4.78 is 33.1. The van der Waals surface area contributed by atoms with Crippen LogP contribution in [0.1, 0.15) is 36.9 Å². The molecule has 0 fully saturated rings. The fourth-order valence-electron chi connectivity index (χ4n) is 3.07. The number of benzene rings is 1. The minimum Gasteiger partial charge on any atom is -0.390 e. The molecule has 9 nitrogen and oxygen atoms in total. The highest BCUT2D eigenvalue weighted by molar-refractivity contribution is 7.93. The van der Waals surface area contributed by atoms with Crippen LogP contribution in [0, 0.1) is 33.1 Å². The summed E-state index contributed by atoms with van der Waals surface area (Å²) in [4.78, 5) is 13.4. The summed E-state index contributed by atoms with van der Waals surface area (Å²) in [5.41, 5.74) is 2.46. The Morgan fingerprint density at radius 2 is 1.94 bits per heavy atom. The van der Waals surface area contributed by atoms with Gasteiger partial charge in [-0.2, -0.15) is 0 Å². The molecule has 0 unspecified atom stereocenters. The highest BCUT2D eigenvalue weighted by Crippen LogP contribution is 2.32. The van der Waals surface area contributed by atoms with Gasteiger partial charge in [-0.25, -0.2) is 13.1 Å². The van der Waals surface area contributed by atoms with Crippen LogP contribution in [-0.2, 0) is 10.0 Å². The van der Waals surface area contributed by atoms with E-state index in [-0.39, 0.29) is 26.4 Å². The van der Waals surface area contributed by atoms with Crippen molar-refractivity contribution in [2.45, 2.75) is 32.6 Å². The summed E-state index contributed by atoms with van der Waals surface area (Å²) in [7, 11) is -4.22. The number of carbonyl (C=O) groups excluding carboxylic acids is 1. The van der Waals surface area contributed by atoms with Crippen molar-refractivity contribution in [1.29, 1.82) is 5.41 Å². The zero-order valence-electron chi connectivity index (χ0n) is 17.7. The zero-order valence-corrected chi connectivity index (χ0v) is 20.0. The predicted molar refractivity (Wildman–Crippen MR) is 124 cm³/mol. The van der Waals surface area contributed by atoms with Gasteiger partial charge < -0.3 is 20.4 Å². The van der Waals surface area contributed by atoms with Gasteiger partial charge in [-0.05, 0) is 45.4 Å². The number of sulfonamides is 1. The summed E-state index contributed by atoms with van der Waals surface area (Å²) in [6, 6.07) is 4.86. The number of aromatic nitrogens is 1. The number of thiophene rings is 1. The third-order valence-electron chi connectivity index (χ3n) is 4.54. The van der Waals surface area contributed by atoms with E-state index in [1.807, 2.05) is 13.0 Å². The lowest BCUT2D eigenvalue weighted by Gasteiger charge is -2.15. The molecule has 0 saturated carbocycles. The van der Waals surface area contributed by atoms with Crippen LogP contribution >= 0.6 is 22.9 Å². The second-order valence-electron chi connectivity index (χ2n) is 7.16. The molecule has 0 radical (unpaired) electrons. The summed E-state index contributed by atoms with van der Waals surface area (Å²) in [6.45, 7) is 6.31. The van der Waals surface area contributed by atoms with Crippen molar-refractivity contribution < 1.29 is 22.8 Å². The molecule has 2 aromatic heterocycles. The van der Waals surface area contributed by atoms with E-state index >= 15 is 0 Å². The average molecular weight is 497 g/mol. The second-order valence-corrected chi connectivity index (χ2v) is 10.4. The van der Waals surface area contributed by atoms with Gasteiger partial charge in [-0.3, -0.25) is 4.79 Å². The Labute approximate surface area is 194 Å². The number of aliphatic hydroxyl groups is 1. The SMILES string of the molecule is Cc1cc(C)c(NC(=O)c2sc(C)cc2S(=O)(=O)Nc2onc(C)c2Cl)c(C(=N)CO)c1. The van der Waals surface area contributed by atoms with Crippen LogP contribution < -0.4 is 10.0 Å². The lowest BCUT2D eigenvalue weighted by atomic mass is 10.0. The number of amides is 1. The standard InChI is InChI=1S/C20H21ClN4O5S2/c1-9-5-10(2)17(13(6-9)14(22)8-26)23-19(27)18-15(7-11(3)31-18)32(28,29)25-20-16(21)12(4)24-30-20/h5-7,22,25-26H,8H2,1-4H3,(H,23,27). The van der Waals surface area contributed by atoms with Crippen LogP contribution in [0.25, 0.3) is 0 Å². The highest BCUT2D eigenvalue weighted by atomic mass is 35.5. The predicted octanol–water partition coefficient (Wildman–Crippen LogP) is 4.04. The van der Waals surface area contributed by atoms with Crippen molar-refractivity contribution in [2.24, 2.45) is 0 Å². The number of nitrogens with zero attached hydrogens (tertiary/aromatic N) is 1. The largest absolute Gasteiger partial charge is 0.390 e. The number of rotatable bonds is 7. The maximum atomic E-state index is 13.1. The van der Waals surface area contributed by atoms with E-state index in [4.69, 9.17) is 21.5 Å². The van der Waals surface area contributed by atoms with E-state index in [0.29, 0.717) is 27.4 Å². The Kier molecular flexibility index (Phi) is 6.75. The van der Waals surface area contributed by atoms with E-state index in [1.165, 1.54) is 6.07 Å². The monoisotopic (exact) mass is 496 g/mol. The lowest BCUT2D eigenvalue weighted by molar-refractivity contribution is 0.102. The van der Waals surface area contributed by atoms with Gasteiger partial charge >= 0.3 is 0 Å². The van der Waals surface area contributed by atoms with Crippen molar-refractivity contribution in [3.8, 4) is 0 Å². The number of aryl methyl sites for hydroxylation is 4. The van der Waals surface area contributed by atoms with Crippen LogP contribution in [0.4, 0.5) is 11.6 Å². The Balaban J connectivity index is 2.00. The van der Waals surface area contributed by atoms with E-state index in [9.17, 15) is 18.3 Å². The molecule has 32 heavy (non-hydrogen) atoms. The van der Waals surface area contributed by atoms with Gasteiger partial charge in [0.05, 0.1) is 18.0 Å². The van der Waals surface area contributed by atoms with Crippen molar-refractivity contribution in [3.63, 3.8) is 0 Å². The molecular formula is C20H21ClN4O5S2. The number of hydrogen-bond donors (Lipinski definition) is 4. The molecule has 4 N–H and O–H groups in total. The molecule has 1 aromatic carbocycles. The smallest absolute Gasteiger partial charge is 0.267 e. The van der Waals surface area contributed by atoms with E-state index in [2.05, 4.69) is 15.2 Å². The summed E-state index contributed by atoms with van der Waals surface area (Å²) in [5.74, 6) is -0.908. The van der Waals surface area contributed by atoms with E-state index in [1.54, 1.807) is 26.8 Å². The molecule has 0 spiro atoms. The van der Waals surface area contributed by atoms with Gasteiger partial charge in [0.25, 0.3) is 21.8 Å². The molecule has 12 heteroatoms. The minimum absolute atomic E-state index is 0.0222. The maximum Gasteiger partial charge on any atom is 0.267 e. The Morgan fingerprint density at radius 1 is 1.25 bits per heavy atom.